The fraction of sp³-hybridized carbons (Fsp3) is 0.810. The largest absolute Gasteiger partial charge is 0.373 e. The number of allylic oxidation sites excluding steroid dienone is 8. The lowest BCUT2D eigenvalue weighted by atomic mass is 9.97. The Kier molecular flexibility index (Phi) is 30.5. The minimum absolute atomic E-state index is 0.260. The predicted octanol–water partition coefficient (Wildman–Crippen LogP) is 12.7. The summed E-state index contributed by atoms with van der Waals surface area (Å²) in [6, 6.07) is 0. The van der Waals surface area contributed by atoms with Gasteiger partial charge in [0.1, 0.15) is 0 Å². The summed E-state index contributed by atoms with van der Waals surface area (Å²) in [5.74, 6) is 0. The van der Waals surface area contributed by atoms with Crippen LogP contribution in [0.15, 0.2) is 48.6 Å². The van der Waals surface area contributed by atoms with Gasteiger partial charge >= 0.3 is 0 Å². The van der Waals surface area contributed by atoms with Gasteiger partial charge in [0.05, 0.1) is 24.9 Å². The van der Waals surface area contributed by atoms with E-state index < -0.39 is 0 Å². The van der Waals surface area contributed by atoms with Crippen molar-refractivity contribution < 1.29 is 9.47 Å². The second-order valence-corrected chi connectivity index (χ2v) is 13.8. The van der Waals surface area contributed by atoms with Crippen LogP contribution in [-0.4, -0.2) is 50.5 Å². The summed E-state index contributed by atoms with van der Waals surface area (Å²) in [6.07, 6.45) is 51.4. The molecule has 0 aromatic carbocycles. The molecule has 0 spiro atoms. The van der Waals surface area contributed by atoms with Gasteiger partial charge in [0.2, 0.25) is 0 Å². The maximum absolute atomic E-state index is 6.66. The summed E-state index contributed by atoms with van der Waals surface area (Å²) >= 11 is 0. The van der Waals surface area contributed by atoms with E-state index in [-0.39, 0.29) is 12.2 Å². The topological polar surface area (TPSA) is 21.7 Å². The first-order chi connectivity index (χ1) is 22.2. The third-order valence-corrected chi connectivity index (χ3v) is 9.05. The highest BCUT2D eigenvalue weighted by molar-refractivity contribution is 4.93. The first-order valence-corrected chi connectivity index (χ1v) is 19.7. The standard InChI is InChI=1S/C42H77NO2/c1-5-7-9-11-13-15-17-19-21-23-25-27-29-31-33-35-41-42(45-40(39-44-41)37-38-43(3)4)36-34-32-30-28-26-24-22-20-18-16-14-12-10-8-6-2/h13-16,19-22,40-42H,5-12,17-18,23-39H2,1-4H3/b15-13-,16-14-,21-19-,22-20-. The molecule has 3 nitrogen and oxygen atoms in total. The minimum atomic E-state index is 0.260. The van der Waals surface area contributed by atoms with E-state index in [1.807, 2.05) is 0 Å². The zero-order chi connectivity index (χ0) is 32.5. The van der Waals surface area contributed by atoms with Crippen molar-refractivity contribution in [2.24, 2.45) is 0 Å². The summed E-state index contributed by atoms with van der Waals surface area (Å²) in [5.41, 5.74) is 0. The maximum atomic E-state index is 6.66. The van der Waals surface area contributed by atoms with Gasteiger partial charge in [-0.15, -0.1) is 0 Å². The van der Waals surface area contributed by atoms with Crippen molar-refractivity contribution in [3.8, 4) is 0 Å². The van der Waals surface area contributed by atoms with Crippen LogP contribution in [0.3, 0.4) is 0 Å². The van der Waals surface area contributed by atoms with Gasteiger partial charge in [-0.2, -0.15) is 0 Å². The lowest BCUT2D eigenvalue weighted by Crippen LogP contribution is -2.44. The smallest absolute Gasteiger partial charge is 0.0841 e. The maximum Gasteiger partial charge on any atom is 0.0841 e. The number of nitrogens with zero attached hydrogens (tertiary/aromatic N) is 1. The van der Waals surface area contributed by atoms with Gasteiger partial charge in [0.15, 0.2) is 0 Å². The second-order valence-electron chi connectivity index (χ2n) is 13.8. The molecule has 3 unspecified atom stereocenters. The van der Waals surface area contributed by atoms with Gasteiger partial charge in [0, 0.05) is 6.54 Å². The number of ether oxygens (including phenoxy) is 2. The summed E-state index contributed by atoms with van der Waals surface area (Å²) in [5, 5.41) is 0. The molecule has 1 aliphatic rings. The van der Waals surface area contributed by atoms with E-state index in [9.17, 15) is 0 Å². The molecule has 1 rings (SSSR count). The number of hydrogen-bond acceptors (Lipinski definition) is 3. The molecule has 262 valence electrons. The Morgan fingerprint density at radius 3 is 1.38 bits per heavy atom. The summed E-state index contributed by atoms with van der Waals surface area (Å²) in [4.78, 5) is 2.26. The highest BCUT2D eigenvalue weighted by Gasteiger charge is 2.31. The molecule has 0 aromatic heterocycles. The highest BCUT2D eigenvalue weighted by Crippen LogP contribution is 2.26. The second kappa shape index (κ2) is 32.8. The van der Waals surface area contributed by atoms with Crippen LogP contribution in [-0.2, 0) is 9.47 Å². The third kappa shape index (κ3) is 27.6. The lowest BCUT2D eigenvalue weighted by molar-refractivity contribution is -0.186. The van der Waals surface area contributed by atoms with Crippen LogP contribution in [0, 0.1) is 0 Å². The average Bonchev–Trinajstić information content (AvgIpc) is 3.04. The Balaban J connectivity index is 2.17. The van der Waals surface area contributed by atoms with Crippen LogP contribution >= 0.6 is 0 Å². The molecule has 3 atom stereocenters. The molecule has 3 heteroatoms. The van der Waals surface area contributed by atoms with Gasteiger partial charge in [-0.25, -0.2) is 0 Å². The first-order valence-electron chi connectivity index (χ1n) is 19.7. The molecule has 0 aliphatic carbocycles. The lowest BCUT2D eigenvalue weighted by Gasteiger charge is -2.37. The molecule has 1 aliphatic heterocycles. The Hall–Kier alpha value is -1.16. The van der Waals surface area contributed by atoms with Crippen LogP contribution in [0.1, 0.15) is 174 Å². The fourth-order valence-electron chi connectivity index (χ4n) is 6.10. The van der Waals surface area contributed by atoms with Crippen molar-refractivity contribution in [1.29, 1.82) is 0 Å². The normalized spacial score (nSPS) is 19.4. The van der Waals surface area contributed by atoms with E-state index in [2.05, 4.69) is 81.5 Å². The van der Waals surface area contributed by atoms with E-state index in [1.165, 1.54) is 128 Å². The number of unbranched alkanes of at least 4 members (excludes halogenated alkanes) is 16. The van der Waals surface area contributed by atoms with E-state index in [4.69, 9.17) is 9.47 Å². The van der Waals surface area contributed by atoms with Crippen molar-refractivity contribution in [3.05, 3.63) is 48.6 Å². The Morgan fingerprint density at radius 1 is 0.489 bits per heavy atom. The van der Waals surface area contributed by atoms with Crippen molar-refractivity contribution in [1.82, 2.24) is 4.90 Å². The van der Waals surface area contributed by atoms with E-state index in [1.54, 1.807) is 0 Å². The molecule has 0 amide bonds. The van der Waals surface area contributed by atoms with Crippen LogP contribution in [0.2, 0.25) is 0 Å². The third-order valence-electron chi connectivity index (χ3n) is 9.05. The molecule has 0 radical (unpaired) electrons. The molecule has 1 fully saturated rings. The van der Waals surface area contributed by atoms with Gasteiger partial charge in [0.25, 0.3) is 0 Å². The summed E-state index contributed by atoms with van der Waals surface area (Å²) < 4.78 is 13.1. The van der Waals surface area contributed by atoms with Crippen molar-refractivity contribution in [2.45, 2.75) is 193 Å². The Labute approximate surface area is 282 Å². The van der Waals surface area contributed by atoms with Crippen LogP contribution in [0.4, 0.5) is 0 Å². The highest BCUT2D eigenvalue weighted by atomic mass is 16.6. The molecular formula is C42H77NO2. The quantitative estimate of drug-likeness (QED) is 0.0564. The summed E-state index contributed by atoms with van der Waals surface area (Å²) in [6.45, 7) is 6.38. The summed E-state index contributed by atoms with van der Waals surface area (Å²) in [7, 11) is 4.30. The fourth-order valence-corrected chi connectivity index (χ4v) is 6.10. The predicted molar refractivity (Wildman–Crippen MR) is 200 cm³/mol. The number of hydrogen-bond donors (Lipinski definition) is 0. The molecule has 0 saturated carbocycles. The van der Waals surface area contributed by atoms with Crippen LogP contribution in [0.5, 0.6) is 0 Å². The monoisotopic (exact) mass is 628 g/mol. The molecule has 0 aromatic rings. The zero-order valence-electron chi connectivity index (χ0n) is 30.7. The van der Waals surface area contributed by atoms with Gasteiger partial charge in [-0.3, -0.25) is 0 Å². The minimum Gasteiger partial charge on any atom is -0.373 e. The Bertz CT molecular complexity index is 724. The average molecular weight is 628 g/mol. The SMILES string of the molecule is CCCCC/C=C\C/C=C\CCCCCCCC1OCC(CCN(C)C)OC1CCCCCCC/C=C\C/C=C\CCCCC. The van der Waals surface area contributed by atoms with Crippen molar-refractivity contribution in [3.63, 3.8) is 0 Å². The van der Waals surface area contributed by atoms with E-state index in [0.29, 0.717) is 6.10 Å². The van der Waals surface area contributed by atoms with E-state index in [0.717, 1.165) is 45.3 Å². The zero-order valence-corrected chi connectivity index (χ0v) is 30.7. The molecular weight excluding hydrogens is 550 g/mol. The van der Waals surface area contributed by atoms with Gasteiger partial charge in [-0.1, -0.05) is 140 Å². The molecule has 45 heavy (non-hydrogen) atoms. The van der Waals surface area contributed by atoms with E-state index >= 15 is 0 Å². The van der Waals surface area contributed by atoms with Crippen LogP contribution in [0.25, 0.3) is 0 Å². The Morgan fingerprint density at radius 2 is 0.911 bits per heavy atom. The van der Waals surface area contributed by atoms with Gasteiger partial charge < -0.3 is 14.4 Å². The number of rotatable bonds is 31. The molecule has 0 bridgehead atoms. The molecule has 1 saturated heterocycles. The molecule has 1 heterocycles. The van der Waals surface area contributed by atoms with Crippen molar-refractivity contribution >= 4 is 0 Å². The van der Waals surface area contributed by atoms with Crippen molar-refractivity contribution in [2.75, 3.05) is 27.2 Å². The first kappa shape index (κ1) is 41.9. The molecule has 0 N–H and O–H groups in total. The van der Waals surface area contributed by atoms with Gasteiger partial charge in [-0.05, 0) is 97.6 Å². The van der Waals surface area contributed by atoms with Crippen LogP contribution < -0.4 is 0 Å².